The van der Waals surface area contributed by atoms with E-state index in [0.717, 1.165) is 13.2 Å². The van der Waals surface area contributed by atoms with E-state index in [9.17, 15) is 14.7 Å². The third kappa shape index (κ3) is 3.62. The number of ether oxygens (including phenoxy) is 2. The van der Waals surface area contributed by atoms with Gasteiger partial charge in [0.1, 0.15) is 5.76 Å². The summed E-state index contributed by atoms with van der Waals surface area (Å²) in [5, 5.41) is 10.0. The highest BCUT2D eigenvalue weighted by molar-refractivity contribution is 6.39. The van der Waals surface area contributed by atoms with Crippen LogP contribution >= 0.6 is 23.2 Å². The smallest absolute Gasteiger partial charge is 0.378 e. The van der Waals surface area contributed by atoms with Gasteiger partial charge in [-0.1, -0.05) is 23.2 Å². The topological polar surface area (TPSA) is 72.8 Å². The third-order valence-corrected chi connectivity index (χ3v) is 2.71. The SMILES string of the molecule is COC(=O)C(=O)/C=C(\O)c1cc(Cl)c(OC)c(Cl)c1. The highest BCUT2D eigenvalue weighted by Gasteiger charge is 2.15. The van der Waals surface area contributed by atoms with E-state index in [-0.39, 0.29) is 21.4 Å². The van der Waals surface area contributed by atoms with Gasteiger partial charge in [0, 0.05) is 11.6 Å². The fraction of sp³-hybridized carbons (Fsp3) is 0.167. The number of halogens is 2. The largest absolute Gasteiger partial charge is 0.507 e. The molecule has 1 aromatic rings. The monoisotopic (exact) mass is 304 g/mol. The number of esters is 1. The van der Waals surface area contributed by atoms with Gasteiger partial charge in [0.15, 0.2) is 5.75 Å². The molecule has 5 nitrogen and oxygen atoms in total. The molecule has 0 unspecified atom stereocenters. The Hall–Kier alpha value is -1.72. The number of hydrogen-bond donors (Lipinski definition) is 1. The predicted molar refractivity (Wildman–Crippen MR) is 70.6 cm³/mol. The molecule has 0 aromatic heterocycles. The fourth-order valence-corrected chi connectivity index (χ4v) is 1.91. The van der Waals surface area contributed by atoms with Gasteiger partial charge >= 0.3 is 5.97 Å². The zero-order chi connectivity index (χ0) is 14.6. The number of ketones is 1. The zero-order valence-electron chi connectivity index (χ0n) is 10.1. The molecule has 0 fully saturated rings. The van der Waals surface area contributed by atoms with Crippen molar-refractivity contribution in [3.8, 4) is 5.75 Å². The number of aliphatic hydroxyl groups is 1. The Kier molecular flexibility index (Phi) is 5.20. The van der Waals surface area contributed by atoms with Gasteiger partial charge in [-0.25, -0.2) is 4.79 Å². The van der Waals surface area contributed by atoms with Gasteiger partial charge in [0.05, 0.1) is 24.3 Å². The average molecular weight is 305 g/mol. The molecule has 1 N–H and O–H groups in total. The molecular formula is C12H10Cl2O5. The van der Waals surface area contributed by atoms with Gasteiger partial charge < -0.3 is 14.6 Å². The van der Waals surface area contributed by atoms with Crippen LogP contribution < -0.4 is 4.74 Å². The summed E-state index contributed by atoms with van der Waals surface area (Å²) in [6, 6.07) is 2.70. The lowest BCUT2D eigenvalue weighted by molar-refractivity contribution is -0.149. The van der Waals surface area contributed by atoms with Gasteiger partial charge in [-0.2, -0.15) is 0 Å². The van der Waals surface area contributed by atoms with Crippen molar-refractivity contribution in [1.29, 1.82) is 0 Å². The first-order valence-corrected chi connectivity index (χ1v) is 5.72. The molecule has 0 amide bonds. The normalized spacial score (nSPS) is 11.1. The first kappa shape index (κ1) is 15.3. The number of rotatable bonds is 4. The Morgan fingerprint density at radius 2 is 1.74 bits per heavy atom. The minimum atomic E-state index is -1.09. The Labute approximate surface area is 119 Å². The maximum atomic E-state index is 11.2. The number of benzene rings is 1. The fourth-order valence-electron chi connectivity index (χ4n) is 1.27. The number of aliphatic hydroxyl groups excluding tert-OH is 1. The average Bonchev–Trinajstić information content (AvgIpc) is 2.37. The van der Waals surface area contributed by atoms with Crippen LogP contribution in [0.4, 0.5) is 0 Å². The van der Waals surface area contributed by atoms with Crippen molar-refractivity contribution in [2.45, 2.75) is 0 Å². The Balaban J connectivity index is 3.14. The molecule has 1 aromatic carbocycles. The number of carbonyl (C=O) groups is 2. The van der Waals surface area contributed by atoms with E-state index in [4.69, 9.17) is 27.9 Å². The molecule has 0 saturated heterocycles. The highest BCUT2D eigenvalue weighted by Crippen LogP contribution is 2.35. The molecule has 7 heteroatoms. The Morgan fingerprint density at radius 1 is 1.21 bits per heavy atom. The summed E-state index contributed by atoms with van der Waals surface area (Å²) >= 11 is 11.8. The van der Waals surface area contributed by atoms with Crippen molar-refractivity contribution in [2.24, 2.45) is 0 Å². The summed E-state index contributed by atoms with van der Waals surface area (Å²) < 4.78 is 9.16. The van der Waals surface area contributed by atoms with Gasteiger partial charge in [0.25, 0.3) is 5.78 Å². The first-order valence-electron chi connectivity index (χ1n) is 4.97. The third-order valence-electron chi connectivity index (χ3n) is 2.15. The van der Waals surface area contributed by atoms with Crippen LogP contribution in [0.25, 0.3) is 5.76 Å². The van der Waals surface area contributed by atoms with E-state index in [1.165, 1.54) is 19.2 Å². The van der Waals surface area contributed by atoms with E-state index in [2.05, 4.69) is 4.74 Å². The maximum absolute atomic E-state index is 11.2. The summed E-state index contributed by atoms with van der Waals surface area (Å²) in [4.78, 5) is 22.2. The minimum absolute atomic E-state index is 0.162. The zero-order valence-corrected chi connectivity index (χ0v) is 11.6. The Morgan fingerprint density at radius 3 is 2.16 bits per heavy atom. The molecule has 102 valence electrons. The second kappa shape index (κ2) is 6.45. The second-order valence-electron chi connectivity index (χ2n) is 3.36. The van der Waals surface area contributed by atoms with Crippen LogP contribution in [0.5, 0.6) is 5.75 Å². The molecule has 0 aliphatic rings. The van der Waals surface area contributed by atoms with E-state index in [0.29, 0.717) is 0 Å². The lowest BCUT2D eigenvalue weighted by Gasteiger charge is -2.08. The van der Waals surface area contributed by atoms with Crippen LogP contribution in [0.3, 0.4) is 0 Å². The van der Waals surface area contributed by atoms with E-state index in [1.807, 2.05) is 0 Å². The van der Waals surface area contributed by atoms with Crippen LogP contribution in [0, 0.1) is 0 Å². The quantitative estimate of drug-likeness (QED) is 0.401. The lowest BCUT2D eigenvalue weighted by atomic mass is 10.1. The number of hydrogen-bond acceptors (Lipinski definition) is 5. The summed E-state index contributed by atoms with van der Waals surface area (Å²) in [5.41, 5.74) is 0.174. The van der Waals surface area contributed by atoms with E-state index in [1.54, 1.807) is 0 Å². The van der Waals surface area contributed by atoms with Gasteiger partial charge in [-0.15, -0.1) is 0 Å². The minimum Gasteiger partial charge on any atom is -0.507 e. The first-order chi connectivity index (χ1) is 8.90. The Bertz CT molecular complexity index is 528. The summed E-state index contributed by atoms with van der Waals surface area (Å²) in [6.07, 6.45) is 0.723. The van der Waals surface area contributed by atoms with Crippen molar-refractivity contribution in [3.05, 3.63) is 33.8 Å². The standard InChI is InChI=1S/C12H10Cl2O5/c1-18-11-7(13)3-6(4-8(11)14)9(15)5-10(16)12(17)19-2/h3-5,15H,1-2H3/b9-5-. The molecule has 0 atom stereocenters. The summed E-state index contributed by atoms with van der Waals surface area (Å²) in [6.45, 7) is 0. The molecule has 0 heterocycles. The van der Waals surface area contributed by atoms with Crippen LogP contribution in [-0.2, 0) is 14.3 Å². The summed E-state index contributed by atoms with van der Waals surface area (Å²) in [5.74, 6) is -2.29. The number of methoxy groups -OCH3 is 2. The number of carbonyl (C=O) groups excluding carboxylic acids is 2. The lowest BCUT2D eigenvalue weighted by Crippen LogP contribution is -2.13. The predicted octanol–water partition coefficient (Wildman–Crippen LogP) is 2.64. The molecule has 0 saturated carbocycles. The summed E-state index contributed by atoms with van der Waals surface area (Å²) in [7, 11) is 2.45. The highest BCUT2D eigenvalue weighted by atomic mass is 35.5. The van der Waals surface area contributed by atoms with Crippen molar-refractivity contribution < 1.29 is 24.2 Å². The van der Waals surface area contributed by atoms with E-state index >= 15 is 0 Å². The van der Waals surface area contributed by atoms with E-state index < -0.39 is 17.5 Å². The molecule has 0 bridgehead atoms. The van der Waals surface area contributed by atoms with Crippen LogP contribution in [0.15, 0.2) is 18.2 Å². The van der Waals surface area contributed by atoms with Crippen LogP contribution in [0.1, 0.15) is 5.56 Å². The van der Waals surface area contributed by atoms with Gasteiger partial charge in [-0.3, -0.25) is 4.79 Å². The molecular weight excluding hydrogens is 295 g/mol. The maximum Gasteiger partial charge on any atom is 0.378 e. The molecule has 0 aliphatic carbocycles. The van der Waals surface area contributed by atoms with Gasteiger partial charge in [0.2, 0.25) is 0 Å². The molecule has 0 spiro atoms. The molecule has 1 rings (SSSR count). The van der Waals surface area contributed by atoms with Crippen molar-refractivity contribution in [2.75, 3.05) is 14.2 Å². The van der Waals surface area contributed by atoms with Crippen molar-refractivity contribution in [1.82, 2.24) is 0 Å². The van der Waals surface area contributed by atoms with Crippen LogP contribution in [-0.4, -0.2) is 31.1 Å². The second-order valence-corrected chi connectivity index (χ2v) is 4.17. The van der Waals surface area contributed by atoms with Crippen LogP contribution in [0.2, 0.25) is 10.0 Å². The van der Waals surface area contributed by atoms with Gasteiger partial charge in [-0.05, 0) is 12.1 Å². The molecule has 0 aliphatic heterocycles. The molecule has 19 heavy (non-hydrogen) atoms. The van der Waals surface area contributed by atoms with Crippen molar-refractivity contribution >= 4 is 40.7 Å². The van der Waals surface area contributed by atoms with Crippen molar-refractivity contribution in [3.63, 3.8) is 0 Å². The molecule has 0 radical (unpaired) electrons.